The molecule has 6 rings (SSSR count). The van der Waals surface area contributed by atoms with Gasteiger partial charge < -0.3 is 0 Å². The van der Waals surface area contributed by atoms with Crippen LogP contribution in [0.3, 0.4) is 0 Å². The molecule has 2 atom stereocenters. The van der Waals surface area contributed by atoms with Gasteiger partial charge in [-0.3, -0.25) is 10.1 Å². The summed E-state index contributed by atoms with van der Waals surface area (Å²) < 4.78 is 1.71. The molecule has 0 amide bonds. The maximum absolute atomic E-state index is 6.08. The van der Waals surface area contributed by atoms with Gasteiger partial charge in [0, 0.05) is 11.2 Å². The number of benzene rings is 1. The largest absolute Gasteiger partial charge is 0.269 e. The van der Waals surface area contributed by atoms with Gasteiger partial charge >= 0.3 is 0 Å². The van der Waals surface area contributed by atoms with Crippen molar-refractivity contribution in [2.45, 2.75) is 30.1 Å². The molecular formula is C21H17ClN6S. The Hall–Kier alpha value is -2.64. The normalized spacial score (nSPS) is 25.2. The summed E-state index contributed by atoms with van der Waals surface area (Å²) in [5, 5.41) is 13.7. The van der Waals surface area contributed by atoms with Crippen molar-refractivity contribution < 1.29 is 0 Å². The third kappa shape index (κ3) is 2.44. The number of hydrogen-bond acceptors (Lipinski definition) is 5. The summed E-state index contributed by atoms with van der Waals surface area (Å²) in [7, 11) is 0. The van der Waals surface area contributed by atoms with Crippen LogP contribution in [0, 0.1) is 6.92 Å². The van der Waals surface area contributed by atoms with Crippen LogP contribution in [0.15, 0.2) is 60.0 Å². The Balaban J connectivity index is 1.47. The van der Waals surface area contributed by atoms with Gasteiger partial charge in [0.15, 0.2) is 0 Å². The number of rotatable bonds is 4. The molecule has 8 heteroatoms. The van der Waals surface area contributed by atoms with Gasteiger partial charge in [0.1, 0.15) is 21.9 Å². The van der Waals surface area contributed by atoms with Crippen molar-refractivity contribution in [1.82, 2.24) is 24.8 Å². The number of H-pyrrole nitrogens is 1. The standard InChI is InChI=1S/C21H17ClN6S/c1-13-17(16-4-2-3-9-28(16)27-13)18-25-20(10-14-5-7-15(22)8-6-14)11-21(20,29-18)19-23-12-24-26-19/h2-9,12H,10-11H2,1H3,(H,23,24,26). The molecule has 4 aromatic rings. The monoisotopic (exact) mass is 420 g/mol. The highest BCUT2D eigenvalue weighted by Crippen LogP contribution is 2.72. The lowest BCUT2D eigenvalue weighted by Crippen LogP contribution is -2.20. The van der Waals surface area contributed by atoms with Crippen LogP contribution < -0.4 is 0 Å². The molecule has 1 aliphatic heterocycles. The summed E-state index contributed by atoms with van der Waals surface area (Å²) in [5.74, 6) is 0.893. The van der Waals surface area contributed by atoms with E-state index < -0.39 is 0 Å². The van der Waals surface area contributed by atoms with Gasteiger partial charge in [-0.05, 0) is 49.6 Å². The molecule has 1 saturated carbocycles. The molecular weight excluding hydrogens is 404 g/mol. The molecule has 4 heterocycles. The third-order valence-corrected chi connectivity index (χ3v) is 7.70. The van der Waals surface area contributed by atoms with Crippen molar-refractivity contribution in [1.29, 1.82) is 0 Å². The summed E-state index contributed by atoms with van der Waals surface area (Å²) in [4.78, 5) is 9.81. The molecule has 144 valence electrons. The first-order valence-corrected chi connectivity index (χ1v) is 10.6. The molecule has 1 aromatic carbocycles. The highest BCUT2D eigenvalue weighted by molar-refractivity contribution is 8.15. The molecule has 1 fully saturated rings. The lowest BCUT2D eigenvalue weighted by Gasteiger charge is -2.13. The average molecular weight is 421 g/mol. The van der Waals surface area contributed by atoms with Crippen molar-refractivity contribution in [2.24, 2.45) is 4.99 Å². The first-order chi connectivity index (χ1) is 14.1. The van der Waals surface area contributed by atoms with Crippen molar-refractivity contribution in [3.8, 4) is 0 Å². The number of thioether (sulfide) groups is 1. The van der Waals surface area contributed by atoms with E-state index in [-0.39, 0.29) is 10.3 Å². The number of aliphatic imine (C=N–C) groups is 1. The second-order valence-corrected chi connectivity index (χ2v) is 9.41. The molecule has 0 bridgehead atoms. The average Bonchev–Trinajstić information content (AvgIpc) is 3.16. The Morgan fingerprint density at radius 2 is 2.07 bits per heavy atom. The Morgan fingerprint density at radius 3 is 2.86 bits per heavy atom. The number of fused-ring (bicyclic) bond motifs is 2. The first-order valence-electron chi connectivity index (χ1n) is 9.44. The van der Waals surface area contributed by atoms with E-state index in [0.717, 1.165) is 45.5 Å². The second-order valence-electron chi connectivity index (χ2n) is 7.68. The zero-order chi connectivity index (χ0) is 19.6. The number of aromatic nitrogens is 5. The lowest BCUT2D eigenvalue weighted by atomic mass is 10.0. The summed E-state index contributed by atoms with van der Waals surface area (Å²) >= 11 is 7.87. The van der Waals surface area contributed by atoms with Crippen molar-refractivity contribution in [3.05, 3.63) is 82.7 Å². The van der Waals surface area contributed by atoms with Crippen LogP contribution >= 0.6 is 23.4 Å². The minimum Gasteiger partial charge on any atom is -0.269 e. The number of hydrogen-bond donors (Lipinski definition) is 1. The van der Waals surface area contributed by atoms with Gasteiger partial charge in [-0.2, -0.15) is 10.2 Å². The van der Waals surface area contributed by atoms with E-state index in [9.17, 15) is 0 Å². The van der Waals surface area contributed by atoms with Crippen LogP contribution in [0.1, 0.15) is 29.1 Å². The summed E-state index contributed by atoms with van der Waals surface area (Å²) in [5.41, 5.74) is 4.15. The second kappa shape index (κ2) is 5.93. The fourth-order valence-electron chi connectivity index (χ4n) is 4.44. The van der Waals surface area contributed by atoms with Crippen LogP contribution in [0.5, 0.6) is 0 Å². The van der Waals surface area contributed by atoms with E-state index in [1.165, 1.54) is 5.56 Å². The Morgan fingerprint density at radius 1 is 1.21 bits per heavy atom. The minimum absolute atomic E-state index is 0.214. The molecule has 6 nitrogen and oxygen atoms in total. The van der Waals surface area contributed by atoms with E-state index in [4.69, 9.17) is 16.6 Å². The maximum Gasteiger partial charge on any atom is 0.143 e. The maximum atomic E-state index is 6.08. The summed E-state index contributed by atoms with van der Waals surface area (Å²) in [6, 6.07) is 14.2. The van der Waals surface area contributed by atoms with Crippen molar-refractivity contribution in [3.63, 3.8) is 0 Å². The molecule has 0 radical (unpaired) electrons. The van der Waals surface area contributed by atoms with Crippen molar-refractivity contribution in [2.75, 3.05) is 0 Å². The minimum atomic E-state index is -0.240. The Kier molecular flexibility index (Phi) is 3.53. The highest BCUT2D eigenvalue weighted by atomic mass is 35.5. The van der Waals surface area contributed by atoms with Gasteiger partial charge in [-0.25, -0.2) is 9.50 Å². The number of halogens is 1. The zero-order valence-electron chi connectivity index (χ0n) is 15.6. The number of aromatic amines is 1. The predicted molar refractivity (Wildman–Crippen MR) is 115 cm³/mol. The Bertz CT molecular complexity index is 1260. The number of aryl methyl sites for hydroxylation is 1. The van der Waals surface area contributed by atoms with Crippen LogP contribution in [-0.2, 0) is 11.2 Å². The van der Waals surface area contributed by atoms with E-state index in [1.807, 2.05) is 41.9 Å². The molecule has 0 saturated heterocycles. The first kappa shape index (κ1) is 17.2. The smallest absolute Gasteiger partial charge is 0.143 e. The predicted octanol–water partition coefficient (Wildman–Crippen LogP) is 4.19. The van der Waals surface area contributed by atoms with E-state index in [0.29, 0.717) is 0 Å². The molecule has 3 aromatic heterocycles. The van der Waals surface area contributed by atoms with Crippen molar-refractivity contribution >= 4 is 33.9 Å². The fourth-order valence-corrected chi connectivity index (χ4v) is 6.28. The fraction of sp³-hybridized carbons (Fsp3) is 0.238. The van der Waals surface area contributed by atoms with Crippen LogP contribution in [0.2, 0.25) is 5.02 Å². The summed E-state index contributed by atoms with van der Waals surface area (Å²) in [6.45, 7) is 2.04. The zero-order valence-corrected chi connectivity index (χ0v) is 17.2. The van der Waals surface area contributed by atoms with Gasteiger partial charge in [0.2, 0.25) is 0 Å². The van der Waals surface area contributed by atoms with E-state index in [2.05, 4.69) is 38.5 Å². The van der Waals surface area contributed by atoms with Crippen LogP contribution in [0.25, 0.3) is 5.52 Å². The molecule has 2 unspecified atom stereocenters. The van der Waals surface area contributed by atoms with Gasteiger partial charge in [0.05, 0.1) is 22.3 Å². The van der Waals surface area contributed by atoms with E-state index >= 15 is 0 Å². The van der Waals surface area contributed by atoms with Gasteiger partial charge in [-0.1, -0.05) is 41.6 Å². The lowest BCUT2D eigenvalue weighted by molar-refractivity contribution is 0.627. The quantitative estimate of drug-likeness (QED) is 0.537. The van der Waals surface area contributed by atoms with Crippen LogP contribution in [0.4, 0.5) is 0 Å². The summed E-state index contributed by atoms with van der Waals surface area (Å²) in [6.07, 6.45) is 5.32. The number of pyridine rings is 1. The molecule has 29 heavy (non-hydrogen) atoms. The number of nitrogens with zero attached hydrogens (tertiary/aromatic N) is 5. The highest BCUT2D eigenvalue weighted by Gasteiger charge is 2.75. The SMILES string of the molecule is Cc1nn2ccccc2c1C1=NC2(Cc3ccc(Cl)cc3)CC2(c2ncn[nH]2)S1. The number of nitrogens with one attached hydrogen (secondary N) is 1. The Labute approximate surface area is 176 Å². The topological polar surface area (TPSA) is 71.2 Å². The molecule has 2 aliphatic rings. The molecule has 0 spiro atoms. The molecule has 1 N–H and O–H groups in total. The third-order valence-electron chi connectivity index (χ3n) is 5.89. The molecule has 1 aliphatic carbocycles. The van der Waals surface area contributed by atoms with E-state index in [1.54, 1.807) is 18.1 Å². The van der Waals surface area contributed by atoms with Crippen LogP contribution in [-0.4, -0.2) is 35.4 Å². The van der Waals surface area contributed by atoms with Gasteiger partial charge in [0.25, 0.3) is 0 Å². The van der Waals surface area contributed by atoms with Gasteiger partial charge in [-0.15, -0.1) is 0 Å².